The summed E-state index contributed by atoms with van der Waals surface area (Å²) in [5.74, 6) is 0. The molecule has 0 aliphatic heterocycles. The van der Waals surface area contributed by atoms with Gasteiger partial charge < -0.3 is 0 Å². The van der Waals surface area contributed by atoms with Gasteiger partial charge in [0.05, 0.1) is 13.1 Å². The van der Waals surface area contributed by atoms with E-state index in [4.69, 9.17) is 13.1 Å². The van der Waals surface area contributed by atoms with Gasteiger partial charge in [0.1, 0.15) is 0 Å². The average Bonchev–Trinajstić information content (AvgIpc) is 2.41. The van der Waals surface area contributed by atoms with Crippen LogP contribution in [0.25, 0.3) is 9.69 Å². The second-order valence-corrected chi connectivity index (χ2v) is 3.89. The van der Waals surface area contributed by atoms with E-state index in [0.717, 1.165) is 0 Å². The van der Waals surface area contributed by atoms with E-state index in [9.17, 15) is 0 Å². The van der Waals surface area contributed by atoms with Crippen molar-refractivity contribution in [3.63, 3.8) is 0 Å². The van der Waals surface area contributed by atoms with E-state index in [2.05, 4.69) is 9.69 Å². The van der Waals surface area contributed by atoms with Gasteiger partial charge >= 0.3 is 0 Å². The van der Waals surface area contributed by atoms with Crippen LogP contribution in [0.5, 0.6) is 0 Å². The third kappa shape index (κ3) is 6.54. The molecule has 0 heterocycles. The summed E-state index contributed by atoms with van der Waals surface area (Å²) in [4.78, 5) is 6.52. The summed E-state index contributed by atoms with van der Waals surface area (Å²) in [5, 5.41) is 0. The van der Waals surface area contributed by atoms with Gasteiger partial charge in [0.15, 0.2) is 11.4 Å². The Hall–Kier alpha value is -1.92. The number of hydrogen-bond donors (Lipinski definition) is 0. The fourth-order valence-electron chi connectivity index (χ4n) is 1.24. The van der Waals surface area contributed by atoms with Gasteiger partial charge in [0, 0.05) is 20.4 Å². The largest absolute Gasteiger partial charge is 0.238 e. The van der Waals surface area contributed by atoms with Crippen LogP contribution in [0.4, 0.5) is 11.4 Å². The topological polar surface area (TPSA) is 8.72 Å². The van der Waals surface area contributed by atoms with Crippen LogP contribution in [-0.2, 0) is 20.4 Å². The minimum atomic E-state index is 0. The van der Waals surface area contributed by atoms with E-state index >= 15 is 0 Å². The van der Waals surface area contributed by atoms with E-state index in [0.29, 0.717) is 11.4 Å². The molecule has 0 aromatic heterocycles. The Morgan fingerprint density at radius 3 is 1.11 bits per heavy atom. The van der Waals surface area contributed by atoms with Gasteiger partial charge in [-0.25, -0.2) is 9.69 Å². The second-order valence-electron chi connectivity index (χ2n) is 3.89. The summed E-state index contributed by atoms with van der Waals surface area (Å²) >= 11 is 0. The van der Waals surface area contributed by atoms with Crippen molar-refractivity contribution >= 4 is 11.4 Å². The monoisotopic (exact) mass is 340 g/mol. The van der Waals surface area contributed by atoms with E-state index in [1.54, 1.807) is 0 Å². The van der Waals surface area contributed by atoms with Crippen LogP contribution in [0.1, 0.15) is 11.1 Å². The van der Waals surface area contributed by atoms with Gasteiger partial charge in [0.25, 0.3) is 0 Å². The maximum absolute atomic E-state index is 6.64. The third-order valence-corrected chi connectivity index (χ3v) is 2.33. The van der Waals surface area contributed by atoms with E-state index in [1.807, 2.05) is 62.4 Å². The normalized spacial score (nSPS) is 8.00. The third-order valence-electron chi connectivity index (χ3n) is 2.33. The molecule has 0 spiro atoms. The Morgan fingerprint density at radius 2 is 0.895 bits per heavy atom. The van der Waals surface area contributed by atoms with Crippen molar-refractivity contribution in [1.29, 1.82) is 0 Å². The molecule has 0 atom stereocenters. The molecule has 0 amide bonds. The van der Waals surface area contributed by atoms with Crippen molar-refractivity contribution in [3.05, 3.63) is 82.5 Å². The molecule has 3 heteroatoms. The molecule has 0 N–H and O–H groups in total. The van der Waals surface area contributed by atoms with Crippen LogP contribution in [0.2, 0.25) is 0 Å². The van der Waals surface area contributed by atoms with Gasteiger partial charge in [-0.3, -0.25) is 0 Å². The first-order valence-electron chi connectivity index (χ1n) is 5.54. The van der Waals surface area contributed by atoms with Crippen LogP contribution < -0.4 is 0 Å². The summed E-state index contributed by atoms with van der Waals surface area (Å²) in [6.45, 7) is 17.3. The molecule has 2 rings (SSSR count). The number of hydrogen-bond acceptors (Lipinski definition) is 0. The van der Waals surface area contributed by atoms with Crippen LogP contribution in [0.15, 0.2) is 48.5 Å². The first-order valence-corrected chi connectivity index (χ1v) is 5.54. The zero-order chi connectivity index (χ0) is 13.4. The van der Waals surface area contributed by atoms with E-state index < -0.39 is 0 Å². The Bertz CT molecular complexity index is 517. The molecule has 0 aliphatic rings. The quantitative estimate of drug-likeness (QED) is 0.466. The minimum absolute atomic E-state index is 0. The molecule has 0 fully saturated rings. The molecule has 98 valence electrons. The fourth-order valence-corrected chi connectivity index (χ4v) is 1.24. The Kier molecular flexibility index (Phi) is 8.16. The van der Waals surface area contributed by atoms with Crippen molar-refractivity contribution in [2.24, 2.45) is 0 Å². The number of rotatable bonds is 0. The predicted molar refractivity (Wildman–Crippen MR) is 74.9 cm³/mol. The molecule has 0 bridgehead atoms. The zero-order valence-electron chi connectivity index (χ0n) is 10.8. The molecule has 19 heavy (non-hydrogen) atoms. The summed E-state index contributed by atoms with van der Waals surface area (Å²) in [5.41, 5.74) is 3.81. The number of aryl methyl sites for hydroxylation is 2. The fraction of sp³-hybridized carbons (Fsp3) is 0.125. The molecule has 0 radical (unpaired) electrons. The van der Waals surface area contributed by atoms with E-state index in [1.165, 1.54) is 11.1 Å². The van der Waals surface area contributed by atoms with Crippen LogP contribution in [-0.4, -0.2) is 0 Å². The van der Waals surface area contributed by atoms with E-state index in [-0.39, 0.29) is 20.4 Å². The molecule has 0 saturated heterocycles. The predicted octanol–water partition coefficient (Wildman–Crippen LogP) is 5.09. The Balaban J connectivity index is 0.000000324. The SMILES string of the molecule is [C-]#[N+]c1ccc(C)cc1.[C-]#[N+]c1ccc(C)cc1.[Pd]. The number of benzene rings is 2. The van der Waals surface area contributed by atoms with Gasteiger partial charge in [-0.1, -0.05) is 59.7 Å². The second kappa shape index (κ2) is 9.07. The van der Waals surface area contributed by atoms with Gasteiger partial charge in [-0.2, -0.15) is 0 Å². The van der Waals surface area contributed by atoms with Crippen molar-refractivity contribution in [3.8, 4) is 0 Å². The molecule has 2 aromatic rings. The summed E-state index contributed by atoms with van der Waals surface area (Å²) in [6.07, 6.45) is 0. The van der Waals surface area contributed by atoms with Crippen molar-refractivity contribution < 1.29 is 20.4 Å². The summed E-state index contributed by atoms with van der Waals surface area (Å²) < 4.78 is 0. The Labute approximate surface area is 128 Å². The Morgan fingerprint density at radius 1 is 0.632 bits per heavy atom. The maximum atomic E-state index is 6.64. The van der Waals surface area contributed by atoms with Crippen molar-refractivity contribution in [2.45, 2.75) is 13.8 Å². The minimum Gasteiger partial charge on any atom is -0.238 e. The van der Waals surface area contributed by atoms with Crippen molar-refractivity contribution in [1.82, 2.24) is 0 Å². The first-order chi connectivity index (χ1) is 8.65. The van der Waals surface area contributed by atoms with Crippen LogP contribution in [0, 0.1) is 27.0 Å². The number of nitrogens with zero attached hydrogens (tertiary/aromatic N) is 2. The van der Waals surface area contributed by atoms with Gasteiger partial charge in [-0.15, -0.1) is 0 Å². The smallest absolute Gasteiger partial charge is 0.187 e. The van der Waals surface area contributed by atoms with Crippen LogP contribution >= 0.6 is 0 Å². The first kappa shape index (κ1) is 17.1. The average molecular weight is 341 g/mol. The van der Waals surface area contributed by atoms with Crippen LogP contribution in [0.3, 0.4) is 0 Å². The van der Waals surface area contributed by atoms with Gasteiger partial charge in [0.2, 0.25) is 0 Å². The van der Waals surface area contributed by atoms with Crippen molar-refractivity contribution in [2.75, 3.05) is 0 Å². The molecule has 0 unspecified atom stereocenters. The molecule has 2 aromatic carbocycles. The molecule has 0 saturated carbocycles. The maximum Gasteiger partial charge on any atom is 0.187 e. The summed E-state index contributed by atoms with van der Waals surface area (Å²) in [6, 6.07) is 15.0. The summed E-state index contributed by atoms with van der Waals surface area (Å²) in [7, 11) is 0. The van der Waals surface area contributed by atoms with Gasteiger partial charge in [-0.05, 0) is 13.8 Å². The molecule has 0 aliphatic carbocycles. The molecule has 2 nitrogen and oxygen atoms in total. The molecular weight excluding hydrogens is 327 g/mol. The zero-order valence-corrected chi connectivity index (χ0v) is 12.4. The molecular formula is C16H14N2Pd. The standard InChI is InChI=1S/2C8H7N.Pd/c2*1-7-3-5-8(9-2)6-4-7;/h2*3-6H,1H3;.